The number of nitriles is 1. The van der Waals surface area contributed by atoms with Crippen LogP contribution in [-0.2, 0) is 32.5 Å². The average Bonchev–Trinajstić information content (AvgIpc) is 3.38. The number of ether oxygens (including phenoxy) is 2. The van der Waals surface area contributed by atoms with E-state index < -0.39 is 27.9 Å². The molecule has 46 heavy (non-hydrogen) atoms. The maximum Gasteiger partial charge on any atom is 0.333 e. The first kappa shape index (κ1) is 30.7. The fourth-order valence-electron chi connectivity index (χ4n) is 5.99. The number of methoxy groups -OCH3 is 1. The Hall–Kier alpha value is -5.31. The van der Waals surface area contributed by atoms with E-state index in [-0.39, 0.29) is 34.9 Å². The van der Waals surface area contributed by atoms with E-state index in [2.05, 4.69) is 5.32 Å². The zero-order valence-corrected chi connectivity index (χ0v) is 25.9. The van der Waals surface area contributed by atoms with Crippen LogP contribution in [0.5, 0.6) is 5.75 Å². The Morgan fingerprint density at radius 2 is 1.74 bits per heavy atom. The Bertz CT molecular complexity index is 2070. The lowest BCUT2D eigenvalue weighted by Crippen LogP contribution is -2.37. The number of carbonyl (C=O) groups is 3. The van der Waals surface area contributed by atoms with Crippen LogP contribution in [0.4, 0.5) is 0 Å². The summed E-state index contributed by atoms with van der Waals surface area (Å²) in [5.74, 6) is -1.14. The summed E-state index contributed by atoms with van der Waals surface area (Å²) < 4.78 is 39.1. The predicted molar refractivity (Wildman–Crippen MR) is 168 cm³/mol. The minimum Gasteiger partial charge on any atom is -0.492 e. The van der Waals surface area contributed by atoms with Gasteiger partial charge in [0.1, 0.15) is 11.8 Å². The van der Waals surface area contributed by atoms with E-state index in [0.29, 0.717) is 52.2 Å². The minimum absolute atomic E-state index is 0.0214. The van der Waals surface area contributed by atoms with Crippen LogP contribution >= 0.6 is 0 Å². The number of hydrogen-bond acceptors (Lipinski definition) is 8. The molecule has 0 saturated heterocycles. The number of benzene rings is 4. The number of hydrogen-bond donors (Lipinski definition) is 1. The van der Waals surface area contributed by atoms with Gasteiger partial charge in [0.2, 0.25) is 10.0 Å². The Balaban J connectivity index is 1.29. The van der Waals surface area contributed by atoms with Crippen LogP contribution in [-0.4, -0.2) is 50.6 Å². The Labute approximate surface area is 266 Å². The van der Waals surface area contributed by atoms with Crippen molar-refractivity contribution in [2.24, 2.45) is 0 Å². The van der Waals surface area contributed by atoms with Crippen molar-refractivity contribution in [2.75, 3.05) is 20.3 Å². The summed E-state index contributed by atoms with van der Waals surface area (Å²) >= 11 is 0. The third-order valence-electron chi connectivity index (χ3n) is 8.26. The molecule has 10 nitrogen and oxygen atoms in total. The molecule has 0 spiro atoms. The molecule has 1 amide bonds. The molecule has 0 fully saturated rings. The Morgan fingerprint density at radius 1 is 0.978 bits per heavy atom. The molecule has 1 aliphatic heterocycles. The molecule has 0 aromatic heterocycles. The van der Waals surface area contributed by atoms with E-state index in [4.69, 9.17) is 9.47 Å². The van der Waals surface area contributed by atoms with Crippen LogP contribution in [0.25, 0.3) is 11.1 Å². The highest BCUT2D eigenvalue weighted by Crippen LogP contribution is 2.39. The number of carbonyl (C=O) groups excluding carboxylic acids is 3. The van der Waals surface area contributed by atoms with E-state index in [1.807, 2.05) is 12.1 Å². The first-order valence-corrected chi connectivity index (χ1v) is 16.1. The number of nitrogens with one attached hydrogen (secondary N) is 1. The highest BCUT2D eigenvalue weighted by molar-refractivity contribution is 7.89. The normalized spacial score (nSPS) is 14.3. The van der Waals surface area contributed by atoms with Crippen molar-refractivity contribution in [1.82, 2.24) is 9.62 Å². The first-order valence-electron chi connectivity index (χ1n) is 14.6. The molecule has 1 unspecified atom stereocenters. The van der Waals surface area contributed by atoms with Gasteiger partial charge in [-0.3, -0.25) is 9.59 Å². The number of rotatable bonds is 8. The monoisotopic (exact) mass is 635 g/mol. The predicted octanol–water partition coefficient (Wildman–Crippen LogP) is 4.56. The van der Waals surface area contributed by atoms with Crippen molar-refractivity contribution >= 4 is 27.7 Å². The van der Waals surface area contributed by atoms with Crippen LogP contribution in [0.3, 0.4) is 0 Å². The molecule has 4 aromatic rings. The third kappa shape index (κ3) is 5.31. The summed E-state index contributed by atoms with van der Waals surface area (Å²) in [4.78, 5) is 39.7. The molecule has 1 N–H and O–H groups in total. The molecular formula is C35H29N3O7S. The number of sulfonamides is 1. The van der Waals surface area contributed by atoms with Gasteiger partial charge < -0.3 is 14.8 Å². The quantitative estimate of drug-likeness (QED) is 0.245. The number of fused-ring (bicyclic) bond motifs is 4. The fraction of sp³-hybridized carbons (Fsp3) is 0.200. The van der Waals surface area contributed by atoms with Crippen LogP contribution in [0.1, 0.15) is 61.5 Å². The standard InChI is InChI=1S/C35H29N3O7S/c1-3-45-30-14-13-25(18-23(30)19-36)46(42,43)38-16-15-21-11-12-22(17-24(21)20-38)32(35(41)44-2)37-34(40)29-10-6-9-28-31(29)26-7-4-5-8-27(26)33(28)39/h4-14,17-18,32H,3,15-16,20H2,1-2H3,(H,37,40). The molecule has 6 rings (SSSR count). The molecular weight excluding hydrogens is 606 g/mol. The highest BCUT2D eigenvalue weighted by atomic mass is 32.2. The molecule has 232 valence electrons. The van der Waals surface area contributed by atoms with Gasteiger partial charge in [-0.1, -0.05) is 54.6 Å². The number of nitrogens with zero attached hydrogens (tertiary/aromatic N) is 2. The maximum absolute atomic E-state index is 13.7. The zero-order valence-electron chi connectivity index (χ0n) is 25.1. The van der Waals surface area contributed by atoms with Gasteiger partial charge >= 0.3 is 5.97 Å². The van der Waals surface area contributed by atoms with Gasteiger partial charge in [0.25, 0.3) is 5.91 Å². The summed E-state index contributed by atoms with van der Waals surface area (Å²) in [6.07, 6.45) is 0.426. The van der Waals surface area contributed by atoms with Crippen molar-refractivity contribution < 1.29 is 32.3 Å². The van der Waals surface area contributed by atoms with Crippen LogP contribution in [0.15, 0.2) is 83.8 Å². The van der Waals surface area contributed by atoms with Gasteiger partial charge in [-0.15, -0.1) is 0 Å². The molecule has 1 atom stereocenters. The summed E-state index contributed by atoms with van der Waals surface area (Å²) in [5, 5.41) is 12.3. The zero-order chi connectivity index (χ0) is 32.6. The van der Waals surface area contributed by atoms with Gasteiger partial charge in [-0.2, -0.15) is 9.57 Å². The highest BCUT2D eigenvalue weighted by Gasteiger charge is 2.34. The van der Waals surface area contributed by atoms with E-state index >= 15 is 0 Å². The number of amides is 1. The summed E-state index contributed by atoms with van der Waals surface area (Å²) in [6, 6.07) is 22.2. The van der Waals surface area contributed by atoms with Crippen LogP contribution in [0.2, 0.25) is 0 Å². The lowest BCUT2D eigenvalue weighted by atomic mass is 9.95. The maximum atomic E-state index is 13.7. The van der Waals surface area contributed by atoms with Gasteiger partial charge in [0.05, 0.1) is 24.2 Å². The van der Waals surface area contributed by atoms with Crippen molar-refractivity contribution in [2.45, 2.75) is 30.8 Å². The van der Waals surface area contributed by atoms with Crippen molar-refractivity contribution in [3.8, 4) is 22.9 Å². The van der Waals surface area contributed by atoms with Gasteiger partial charge in [-0.05, 0) is 59.9 Å². The molecule has 0 saturated carbocycles. The van der Waals surface area contributed by atoms with E-state index in [0.717, 1.165) is 5.56 Å². The van der Waals surface area contributed by atoms with Crippen molar-refractivity contribution in [3.63, 3.8) is 0 Å². The Morgan fingerprint density at radius 3 is 2.48 bits per heavy atom. The SMILES string of the molecule is CCOc1ccc(S(=O)(=O)N2CCc3ccc(C(NC(=O)c4cccc5c4-c4ccccc4C5=O)C(=O)OC)cc3C2)cc1C#N. The van der Waals surface area contributed by atoms with Crippen LogP contribution in [0, 0.1) is 11.3 Å². The largest absolute Gasteiger partial charge is 0.492 e. The number of ketones is 1. The second-order valence-electron chi connectivity index (χ2n) is 10.9. The number of esters is 1. The second kappa shape index (κ2) is 12.2. The van der Waals surface area contributed by atoms with E-state index in [1.165, 1.54) is 29.6 Å². The van der Waals surface area contributed by atoms with Crippen molar-refractivity contribution in [1.29, 1.82) is 5.26 Å². The fourth-order valence-corrected chi connectivity index (χ4v) is 7.44. The lowest BCUT2D eigenvalue weighted by molar-refractivity contribution is -0.143. The molecule has 11 heteroatoms. The first-order chi connectivity index (χ1) is 22.2. The van der Waals surface area contributed by atoms with E-state index in [9.17, 15) is 28.1 Å². The topological polar surface area (TPSA) is 143 Å². The molecule has 1 heterocycles. The smallest absolute Gasteiger partial charge is 0.333 e. The van der Waals surface area contributed by atoms with E-state index in [1.54, 1.807) is 61.5 Å². The average molecular weight is 636 g/mol. The lowest BCUT2D eigenvalue weighted by Gasteiger charge is -2.29. The van der Waals surface area contributed by atoms with Crippen molar-refractivity contribution in [3.05, 3.63) is 118 Å². The summed E-state index contributed by atoms with van der Waals surface area (Å²) in [5.41, 5.74) is 4.42. The summed E-state index contributed by atoms with van der Waals surface area (Å²) in [6.45, 7) is 2.35. The van der Waals surface area contributed by atoms with Crippen LogP contribution < -0.4 is 10.1 Å². The minimum atomic E-state index is -3.98. The molecule has 0 bridgehead atoms. The summed E-state index contributed by atoms with van der Waals surface area (Å²) in [7, 11) is -2.76. The molecule has 1 aliphatic carbocycles. The molecule has 2 aliphatic rings. The Kier molecular flexibility index (Phi) is 8.17. The molecule has 0 radical (unpaired) electrons. The second-order valence-corrected chi connectivity index (χ2v) is 12.8. The molecule has 4 aromatic carbocycles. The van der Waals surface area contributed by atoms with Gasteiger partial charge in [-0.25, -0.2) is 13.2 Å². The van der Waals surface area contributed by atoms with Gasteiger partial charge in [0.15, 0.2) is 11.8 Å². The van der Waals surface area contributed by atoms with Gasteiger partial charge in [0, 0.05) is 35.3 Å². The third-order valence-corrected chi connectivity index (χ3v) is 10.1.